The Morgan fingerprint density at radius 3 is 2.48 bits per heavy atom. The largest absolute Gasteiger partial charge is 0.497 e. The number of hydrogen-bond donors (Lipinski definition) is 3. The molecule has 5 amide bonds. The van der Waals surface area contributed by atoms with Crippen molar-refractivity contribution in [2.24, 2.45) is 0 Å². The number of pyridine rings is 1. The standard InChI is InChI=1S/C28H26N6O6/c1-40-19-4-3-18-15-34(24(37)20(18)12-19)16-28(25(38)30-26(39)32-28)7-6-17-2-5-22(29-14-17)33-10-8-27(9-11-33)21(35)13-23(36)31-27/h2-5,12,14H,8-11,13,15-16H2,1H3,(H,31,36)(H2,30,32,38,39)/t28-/m1/s1. The van der Waals surface area contributed by atoms with E-state index in [0.717, 1.165) is 5.56 Å². The summed E-state index contributed by atoms with van der Waals surface area (Å²) >= 11 is 0. The van der Waals surface area contributed by atoms with Gasteiger partial charge in [-0.25, -0.2) is 9.78 Å². The molecule has 12 heteroatoms. The Morgan fingerprint density at radius 2 is 1.85 bits per heavy atom. The molecule has 0 unspecified atom stereocenters. The molecule has 12 nitrogen and oxygen atoms in total. The highest BCUT2D eigenvalue weighted by Crippen LogP contribution is 2.31. The fraction of sp³-hybridized carbons (Fsp3) is 0.357. The Balaban J connectivity index is 1.17. The van der Waals surface area contributed by atoms with Gasteiger partial charge in [-0.05, 0) is 42.7 Å². The molecule has 1 spiro atoms. The predicted molar refractivity (Wildman–Crippen MR) is 140 cm³/mol. The molecule has 0 radical (unpaired) electrons. The SMILES string of the molecule is COc1ccc2c(c1)C(=O)N(C[C@@]1(C#Cc3ccc(N4CCC5(CC4)NC(=O)CC5=O)nc3)NC(=O)NC1=O)C2. The third-order valence-corrected chi connectivity index (χ3v) is 7.91. The van der Waals surface area contributed by atoms with Crippen molar-refractivity contribution in [2.75, 3.05) is 31.6 Å². The van der Waals surface area contributed by atoms with Crippen LogP contribution in [0.2, 0.25) is 0 Å². The minimum Gasteiger partial charge on any atom is -0.497 e. The van der Waals surface area contributed by atoms with E-state index in [1.807, 2.05) is 4.90 Å². The molecule has 6 rings (SSSR count). The number of piperidine rings is 1. The average molecular weight is 543 g/mol. The van der Waals surface area contributed by atoms with E-state index in [2.05, 4.69) is 32.8 Å². The Labute approximate surface area is 229 Å². The summed E-state index contributed by atoms with van der Waals surface area (Å²) in [6.45, 7) is 1.27. The molecule has 0 saturated carbocycles. The summed E-state index contributed by atoms with van der Waals surface area (Å²) in [7, 11) is 1.52. The lowest BCUT2D eigenvalue weighted by Crippen LogP contribution is -2.54. The summed E-state index contributed by atoms with van der Waals surface area (Å²) in [5.41, 5.74) is -0.595. The molecule has 1 atom stereocenters. The van der Waals surface area contributed by atoms with Crippen molar-refractivity contribution in [2.45, 2.75) is 36.9 Å². The first-order valence-corrected chi connectivity index (χ1v) is 12.9. The first kappa shape index (κ1) is 25.4. The molecule has 40 heavy (non-hydrogen) atoms. The first-order valence-electron chi connectivity index (χ1n) is 12.9. The maximum absolute atomic E-state index is 13.1. The summed E-state index contributed by atoms with van der Waals surface area (Å²) in [4.78, 5) is 70.1. The number of Topliss-reactive ketones (excluding diaryl/α,β-unsaturated/α-hetero) is 1. The van der Waals surface area contributed by atoms with Crippen molar-refractivity contribution in [1.29, 1.82) is 0 Å². The molecule has 2 aromatic rings. The number of urea groups is 1. The Kier molecular flexibility index (Phi) is 5.94. The molecule has 0 aliphatic carbocycles. The first-order chi connectivity index (χ1) is 19.2. The zero-order valence-corrected chi connectivity index (χ0v) is 21.7. The monoisotopic (exact) mass is 542 g/mol. The van der Waals surface area contributed by atoms with Gasteiger partial charge in [0.05, 0.1) is 20.1 Å². The minimum atomic E-state index is -1.63. The lowest BCUT2D eigenvalue weighted by Gasteiger charge is -2.38. The Hall–Kier alpha value is -4.92. The van der Waals surface area contributed by atoms with Gasteiger partial charge >= 0.3 is 6.03 Å². The van der Waals surface area contributed by atoms with Crippen LogP contribution in [0.3, 0.4) is 0 Å². The molecule has 3 saturated heterocycles. The van der Waals surface area contributed by atoms with Crippen molar-refractivity contribution in [1.82, 2.24) is 25.8 Å². The van der Waals surface area contributed by atoms with Crippen LogP contribution in [0.15, 0.2) is 36.5 Å². The van der Waals surface area contributed by atoms with Gasteiger partial charge < -0.3 is 25.2 Å². The zero-order chi connectivity index (χ0) is 28.1. The highest BCUT2D eigenvalue weighted by atomic mass is 16.5. The molecule has 3 fully saturated rings. The summed E-state index contributed by atoms with van der Waals surface area (Å²) in [6, 6.07) is 8.09. The van der Waals surface area contributed by atoms with Crippen LogP contribution in [0.25, 0.3) is 0 Å². The van der Waals surface area contributed by atoms with Crippen molar-refractivity contribution in [3.8, 4) is 17.6 Å². The molecule has 4 aliphatic rings. The number of aromatic nitrogens is 1. The number of carbonyl (C=O) groups excluding carboxylic acids is 5. The van der Waals surface area contributed by atoms with Gasteiger partial charge in [0.2, 0.25) is 11.4 Å². The van der Waals surface area contributed by atoms with Gasteiger partial charge in [-0.3, -0.25) is 24.5 Å². The third kappa shape index (κ3) is 4.29. The van der Waals surface area contributed by atoms with E-state index in [9.17, 15) is 24.0 Å². The lowest BCUT2D eigenvalue weighted by molar-refractivity contribution is -0.124. The second-order valence-corrected chi connectivity index (χ2v) is 10.4. The number of benzene rings is 1. The summed E-state index contributed by atoms with van der Waals surface area (Å²) < 4.78 is 5.22. The fourth-order valence-electron chi connectivity index (χ4n) is 5.65. The molecular weight excluding hydrogens is 516 g/mol. The van der Waals surface area contributed by atoms with Crippen LogP contribution in [0.5, 0.6) is 5.75 Å². The van der Waals surface area contributed by atoms with E-state index in [0.29, 0.717) is 48.6 Å². The van der Waals surface area contributed by atoms with Crippen LogP contribution in [0, 0.1) is 11.8 Å². The smallest absolute Gasteiger partial charge is 0.323 e. The van der Waals surface area contributed by atoms with Crippen LogP contribution < -0.4 is 25.6 Å². The van der Waals surface area contributed by atoms with Gasteiger partial charge in [-0.1, -0.05) is 17.9 Å². The van der Waals surface area contributed by atoms with E-state index in [1.165, 1.54) is 12.0 Å². The third-order valence-electron chi connectivity index (χ3n) is 7.91. The number of methoxy groups -OCH3 is 1. The van der Waals surface area contributed by atoms with Crippen LogP contribution in [0.4, 0.5) is 10.6 Å². The molecule has 204 valence electrons. The van der Waals surface area contributed by atoms with Crippen molar-refractivity contribution < 1.29 is 28.7 Å². The number of nitrogens with one attached hydrogen (secondary N) is 3. The van der Waals surface area contributed by atoms with Gasteiger partial charge in [0, 0.05) is 37.0 Å². The molecule has 1 aromatic heterocycles. The highest BCUT2D eigenvalue weighted by Gasteiger charge is 2.49. The number of anilines is 1. The Bertz CT molecular complexity index is 1520. The lowest BCUT2D eigenvalue weighted by atomic mass is 9.85. The van der Waals surface area contributed by atoms with Gasteiger partial charge in [0.1, 0.15) is 17.1 Å². The van der Waals surface area contributed by atoms with Crippen LogP contribution in [0.1, 0.15) is 40.7 Å². The number of fused-ring (bicyclic) bond motifs is 1. The number of hydrogen-bond acceptors (Lipinski definition) is 8. The summed E-state index contributed by atoms with van der Waals surface area (Å²) in [6.07, 6.45) is 2.55. The molecule has 1 aromatic carbocycles. The number of amides is 5. The number of carbonyl (C=O) groups is 5. The predicted octanol–water partition coefficient (Wildman–Crippen LogP) is 0.104. The van der Waals surface area contributed by atoms with E-state index < -0.39 is 23.0 Å². The molecular formula is C28H26N6O6. The zero-order valence-electron chi connectivity index (χ0n) is 21.7. The van der Waals surface area contributed by atoms with Gasteiger partial charge in [0.25, 0.3) is 11.8 Å². The fourth-order valence-corrected chi connectivity index (χ4v) is 5.65. The van der Waals surface area contributed by atoms with Gasteiger partial charge in [-0.2, -0.15) is 0 Å². The number of ketones is 1. The maximum Gasteiger partial charge on any atom is 0.323 e. The second-order valence-electron chi connectivity index (χ2n) is 10.4. The van der Waals surface area contributed by atoms with E-state index in [-0.39, 0.29) is 37.1 Å². The molecule has 5 heterocycles. The number of imide groups is 1. The molecule has 0 bridgehead atoms. The summed E-state index contributed by atoms with van der Waals surface area (Å²) in [5.74, 6) is 5.89. The van der Waals surface area contributed by atoms with Crippen molar-refractivity contribution in [3.63, 3.8) is 0 Å². The normalized spacial score (nSPS) is 23.0. The highest BCUT2D eigenvalue weighted by molar-refractivity contribution is 6.11. The van der Waals surface area contributed by atoms with Crippen molar-refractivity contribution in [3.05, 3.63) is 53.2 Å². The molecule has 4 aliphatic heterocycles. The number of nitrogens with zero attached hydrogens (tertiary/aromatic N) is 3. The van der Waals surface area contributed by atoms with Gasteiger partial charge in [-0.15, -0.1) is 0 Å². The maximum atomic E-state index is 13.1. The number of ether oxygens (including phenoxy) is 1. The van der Waals surface area contributed by atoms with Crippen molar-refractivity contribution >= 4 is 35.4 Å². The Morgan fingerprint density at radius 1 is 1.05 bits per heavy atom. The van der Waals surface area contributed by atoms with E-state index in [1.54, 1.807) is 36.5 Å². The average Bonchev–Trinajstić information content (AvgIpc) is 3.52. The van der Waals surface area contributed by atoms with Gasteiger partial charge in [0.15, 0.2) is 5.78 Å². The van der Waals surface area contributed by atoms with Crippen LogP contribution >= 0.6 is 0 Å². The minimum absolute atomic E-state index is 0.0491. The molecule has 3 N–H and O–H groups in total. The number of rotatable bonds is 4. The summed E-state index contributed by atoms with van der Waals surface area (Å²) in [5, 5.41) is 7.67. The van der Waals surface area contributed by atoms with E-state index >= 15 is 0 Å². The quantitative estimate of drug-likeness (QED) is 0.280. The second kappa shape index (κ2) is 9.37. The topological polar surface area (TPSA) is 150 Å². The van der Waals surface area contributed by atoms with Crippen LogP contribution in [-0.2, 0) is 20.9 Å². The van der Waals surface area contributed by atoms with E-state index in [4.69, 9.17) is 4.74 Å². The van der Waals surface area contributed by atoms with Crippen LogP contribution in [-0.4, -0.2) is 77.2 Å².